The van der Waals surface area contributed by atoms with Crippen molar-refractivity contribution < 1.29 is 9.09 Å². The number of hydrogen-bond acceptors (Lipinski definition) is 2. The Bertz CT molecular complexity index is 130. The Morgan fingerprint density at radius 1 is 1.40 bits per heavy atom. The maximum absolute atomic E-state index is 11.3. The molecule has 0 amide bonds. The quantitative estimate of drug-likeness (QED) is 0.520. The number of hydrogen-bond donors (Lipinski definition) is 0. The Hall–Kier alpha value is 0.770. The molecule has 0 heterocycles. The predicted octanol–water partition coefficient (Wildman–Crippen LogP) is 3.08. The minimum absolute atomic E-state index is 0.00528. The first-order valence-electron chi connectivity index (χ1n) is 2.92. The van der Waals surface area contributed by atoms with Gasteiger partial charge in [-0.2, -0.15) is 0 Å². The second-order valence-electron chi connectivity index (χ2n) is 2.21. The Morgan fingerprint density at radius 2 is 1.80 bits per heavy atom. The maximum atomic E-state index is 11.3. The molecule has 0 radical (unpaired) electrons. The number of rotatable bonds is 4. The highest BCUT2D eigenvalue weighted by atomic mass is 35.5. The summed E-state index contributed by atoms with van der Waals surface area (Å²) in [7, 11) is -2.71. The summed E-state index contributed by atoms with van der Waals surface area (Å²) in [5.41, 5.74) is -0.0106. The maximum Gasteiger partial charge on any atom is 0.232 e. The molecule has 0 N–H and O–H groups in total. The topological polar surface area (TPSA) is 26.3 Å². The van der Waals surface area contributed by atoms with Crippen LogP contribution in [0.15, 0.2) is 0 Å². The summed E-state index contributed by atoms with van der Waals surface area (Å²) in [4.78, 5) is 0. The fourth-order valence-electron chi connectivity index (χ4n) is 0.472. The van der Waals surface area contributed by atoms with E-state index in [1.54, 1.807) is 13.8 Å². The molecule has 0 rings (SSSR count). The first-order valence-corrected chi connectivity index (χ1v) is 5.99. The van der Waals surface area contributed by atoms with Crippen molar-refractivity contribution in [2.45, 2.75) is 20.0 Å². The van der Waals surface area contributed by atoms with Gasteiger partial charge in [-0.15, -0.1) is 23.2 Å². The standard InChI is InChI=1S/C5H11Cl2O2P/c1-5(2)9-10(8,3-6)4-7/h5H,3-4H2,1-2H3. The van der Waals surface area contributed by atoms with Crippen LogP contribution in [0.3, 0.4) is 0 Å². The van der Waals surface area contributed by atoms with Crippen LogP contribution in [-0.4, -0.2) is 17.3 Å². The van der Waals surface area contributed by atoms with E-state index in [0.29, 0.717) is 0 Å². The zero-order valence-electron chi connectivity index (χ0n) is 6.01. The molecular formula is C5H11Cl2O2P. The van der Waals surface area contributed by atoms with E-state index in [4.69, 9.17) is 27.7 Å². The molecule has 0 aromatic rings. The first kappa shape index (κ1) is 10.8. The normalized spacial score (nSPS) is 12.5. The molecule has 0 aromatic heterocycles. The summed E-state index contributed by atoms with van der Waals surface area (Å²) < 4.78 is 16.3. The van der Waals surface area contributed by atoms with E-state index in [0.717, 1.165) is 0 Å². The predicted molar refractivity (Wildman–Crippen MR) is 45.3 cm³/mol. The molecule has 0 unspecified atom stereocenters. The minimum atomic E-state index is -2.71. The zero-order chi connectivity index (χ0) is 8.20. The van der Waals surface area contributed by atoms with Gasteiger partial charge in [0.25, 0.3) is 0 Å². The lowest BCUT2D eigenvalue weighted by Crippen LogP contribution is -2.01. The van der Waals surface area contributed by atoms with E-state index in [2.05, 4.69) is 0 Å². The van der Waals surface area contributed by atoms with Gasteiger partial charge in [0.15, 0.2) is 0 Å². The van der Waals surface area contributed by atoms with Crippen molar-refractivity contribution in [2.24, 2.45) is 0 Å². The molecule has 0 fully saturated rings. The summed E-state index contributed by atoms with van der Waals surface area (Å²) in [6.07, 6.45) is -0.0802. The number of alkyl halides is 2. The molecule has 0 aliphatic carbocycles. The average Bonchev–Trinajstić information content (AvgIpc) is 1.87. The SMILES string of the molecule is CC(C)OP(=O)(CCl)CCl. The van der Waals surface area contributed by atoms with Crippen LogP contribution in [0.2, 0.25) is 0 Å². The van der Waals surface area contributed by atoms with Crippen LogP contribution in [0.4, 0.5) is 0 Å². The molecule has 5 heteroatoms. The average molecular weight is 205 g/mol. The molecular weight excluding hydrogens is 194 g/mol. The van der Waals surface area contributed by atoms with Gasteiger partial charge in [-0.25, -0.2) is 0 Å². The fraction of sp³-hybridized carbons (Fsp3) is 1.00. The Balaban J connectivity index is 3.94. The van der Waals surface area contributed by atoms with Crippen molar-refractivity contribution in [2.75, 3.05) is 11.2 Å². The monoisotopic (exact) mass is 204 g/mol. The fourth-order valence-corrected chi connectivity index (χ4v) is 2.52. The van der Waals surface area contributed by atoms with Gasteiger partial charge in [-0.3, -0.25) is 4.57 Å². The van der Waals surface area contributed by atoms with Crippen molar-refractivity contribution in [3.8, 4) is 0 Å². The summed E-state index contributed by atoms with van der Waals surface area (Å²) >= 11 is 10.8. The molecule has 0 aromatic carbocycles. The lowest BCUT2D eigenvalue weighted by atomic mass is 10.5. The zero-order valence-corrected chi connectivity index (χ0v) is 8.42. The molecule has 0 saturated heterocycles. The second kappa shape index (κ2) is 4.61. The van der Waals surface area contributed by atoms with Crippen molar-refractivity contribution in [1.82, 2.24) is 0 Å². The van der Waals surface area contributed by atoms with Gasteiger partial charge in [0, 0.05) is 0 Å². The van der Waals surface area contributed by atoms with Crippen molar-refractivity contribution in [3.63, 3.8) is 0 Å². The highest BCUT2D eigenvalue weighted by Gasteiger charge is 2.21. The molecule has 62 valence electrons. The Kier molecular flexibility index (Phi) is 4.96. The lowest BCUT2D eigenvalue weighted by molar-refractivity contribution is 0.247. The van der Waals surface area contributed by atoms with Crippen LogP contribution in [0.1, 0.15) is 13.8 Å². The van der Waals surface area contributed by atoms with Gasteiger partial charge in [-0.1, -0.05) is 0 Å². The van der Waals surface area contributed by atoms with Gasteiger partial charge in [0.1, 0.15) is 11.2 Å². The van der Waals surface area contributed by atoms with E-state index >= 15 is 0 Å². The van der Waals surface area contributed by atoms with Crippen LogP contribution in [-0.2, 0) is 9.09 Å². The molecule has 0 aliphatic rings. The van der Waals surface area contributed by atoms with Crippen molar-refractivity contribution in [3.05, 3.63) is 0 Å². The molecule has 10 heavy (non-hydrogen) atoms. The third-order valence-corrected chi connectivity index (χ3v) is 4.49. The van der Waals surface area contributed by atoms with Crippen molar-refractivity contribution >= 4 is 30.6 Å². The lowest BCUT2D eigenvalue weighted by Gasteiger charge is -2.15. The smallest absolute Gasteiger partial charge is 0.232 e. The van der Waals surface area contributed by atoms with E-state index in [1.165, 1.54) is 0 Å². The summed E-state index contributed by atoms with van der Waals surface area (Å²) in [5.74, 6) is 0. The Morgan fingerprint density at radius 3 is 1.90 bits per heavy atom. The molecule has 2 nitrogen and oxygen atoms in total. The second-order valence-corrected chi connectivity index (χ2v) is 5.96. The summed E-state index contributed by atoms with van der Waals surface area (Å²) in [6, 6.07) is 0. The van der Waals surface area contributed by atoms with Crippen LogP contribution < -0.4 is 0 Å². The number of halogens is 2. The van der Waals surface area contributed by atoms with Crippen LogP contribution in [0.5, 0.6) is 0 Å². The van der Waals surface area contributed by atoms with E-state index in [9.17, 15) is 4.57 Å². The molecule has 0 saturated carbocycles. The highest BCUT2D eigenvalue weighted by Crippen LogP contribution is 2.49. The van der Waals surface area contributed by atoms with Gasteiger partial charge < -0.3 is 4.52 Å². The Labute approximate surface area is 71.3 Å². The van der Waals surface area contributed by atoms with Gasteiger partial charge in [0.05, 0.1) is 6.10 Å². The van der Waals surface area contributed by atoms with Crippen LogP contribution in [0, 0.1) is 0 Å². The van der Waals surface area contributed by atoms with Gasteiger partial charge in [-0.05, 0) is 13.8 Å². The highest BCUT2D eigenvalue weighted by molar-refractivity contribution is 7.62. The summed E-state index contributed by atoms with van der Waals surface area (Å²) in [6.45, 7) is 3.59. The largest absolute Gasteiger partial charge is 0.324 e. The molecule has 0 atom stereocenters. The van der Waals surface area contributed by atoms with Gasteiger partial charge in [0.2, 0.25) is 7.37 Å². The van der Waals surface area contributed by atoms with E-state index < -0.39 is 7.37 Å². The first-order chi connectivity index (χ1) is 4.54. The molecule has 0 aliphatic heterocycles. The van der Waals surface area contributed by atoms with Crippen molar-refractivity contribution in [1.29, 1.82) is 0 Å². The molecule has 0 bridgehead atoms. The van der Waals surface area contributed by atoms with Crippen LogP contribution in [0.25, 0.3) is 0 Å². The van der Waals surface area contributed by atoms with E-state index in [-0.39, 0.29) is 17.3 Å². The summed E-state index contributed by atoms with van der Waals surface area (Å²) in [5, 5.41) is 0. The minimum Gasteiger partial charge on any atom is -0.324 e. The van der Waals surface area contributed by atoms with E-state index in [1.807, 2.05) is 0 Å². The van der Waals surface area contributed by atoms with Gasteiger partial charge >= 0.3 is 0 Å². The third kappa shape index (κ3) is 3.82. The third-order valence-electron chi connectivity index (χ3n) is 0.767. The van der Waals surface area contributed by atoms with Crippen LogP contribution >= 0.6 is 30.6 Å². The molecule has 0 spiro atoms.